The molecule has 0 N–H and O–H groups in total. The van der Waals surface area contributed by atoms with Crippen molar-refractivity contribution >= 4 is 0 Å². The third kappa shape index (κ3) is 8.73. The molecule has 0 amide bonds. The van der Waals surface area contributed by atoms with Gasteiger partial charge < -0.3 is 0 Å². The summed E-state index contributed by atoms with van der Waals surface area (Å²) < 4.78 is 0. The highest BCUT2D eigenvalue weighted by Crippen LogP contribution is 1.99. The Balaban J connectivity index is 0.000000180. The predicted octanol–water partition coefficient (Wildman–Crippen LogP) is 4.49. The molecule has 3 aromatic rings. The standard InChI is InChI=1S/C8H10.2C6H8N2/c1-7-3-5-8(2)6-4-7;2*1-5-3-7-6(2)8-4-5/h3-6H,1-2H3;2*3-4H,1-2H3. The van der Waals surface area contributed by atoms with Gasteiger partial charge in [0.1, 0.15) is 11.6 Å². The number of hydrogen-bond acceptors (Lipinski definition) is 4. The lowest BCUT2D eigenvalue weighted by Gasteiger charge is -1.90. The molecule has 0 bridgehead atoms. The third-order valence-electron chi connectivity index (χ3n) is 3.04. The first-order valence-electron chi connectivity index (χ1n) is 7.90. The summed E-state index contributed by atoms with van der Waals surface area (Å²) in [6.07, 6.45) is 7.23. The number of aryl methyl sites for hydroxylation is 6. The first kappa shape index (κ1) is 19.4. The number of benzene rings is 1. The maximum Gasteiger partial charge on any atom is 0.125 e. The van der Waals surface area contributed by atoms with E-state index >= 15 is 0 Å². The second kappa shape index (κ2) is 10.2. The molecule has 0 unspecified atom stereocenters. The highest BCUT2D eigenvalue weighted by molar-refractivity contribution is 5.19. The van der Waals surface area contributed by atoms with Crippen LogP contribution in [0.5, 0.6) is 0 Å². The lowest BCUT2D eigenvalue weighted by atomic mass is 10.2. The SMILES string of the molecule is Cc1ccc(C)cc1.Cc1cnc(C)nc1.Cc1cnc(C)nc1. The van der Waals surface area contributed by atoms with Gasteiger partial charge in [-0.2, -0.15) is 0 Å². The largest absolute Gasteiger partial charge is 0.241 e. The fourth-order valence-electron chi connectivity index (χ4n) is 1.55. The zero-order chi connectivity index (χ0) is 17.9. The Morgan fingerprint density at radius 3 is 0.875 bits per heavy atom. The fourth-order valence-corrected chi connectivity index (χ4v) is 1.55. The smallest absolute Gasteiger partial charge is 0.125 e. The van der Waals surface area contributed by atoms with Gasteiger partial charge >= 0.3 is 0 Å². The molecule has 0 spiro atoms. The molecule has 126 valence electrons. The topological polar surface area (TPSA) is 51.6 Å². The van der Waals surface area contributed by atoms with Crippen LogP contribution in [-0.2, 0) is 0 Å². The minimum absolute atomic E-state index is 0.829. The molecule has 0 aliphatic carbocycles. The van der Waals surface area contributed by atoms with Crippen molar-refractivity contribution in [1.82, 2.24) is 19.9 Å². The van der Waals surface area contributed by atoms with E-state index in [1.807, 2.05) is 52.5 Å². The zero-order valence-electron chi connectivity index (χ0n) is 15.4. The van der Waals surface area contributed by atoms with E-state index in [0.29, 0.717) is 0 Å². The van der Waals surface area contributed by atoms with E-state index in [2.05, 4.69) is 58.0 Å². The van der Waals surface area contributed by atoms with Crippen LogP contribution in [0, 0.1) is 41.5 Å². The Kier molecular flexibility index (Phi) is 8.26. The summed E-state index contributed by atoms with van der Waals surface area (Å²) >= 11 is 0. The molecule has 0 radical (unpaired) electrons. The van der Waals surface area contributed by atoms with Crippen LogP contribution in [0.15, 0.2) is 49.1 Å². The monoisotopic (exact) mass is 322 g/mol. The second-order valence-electron chi connectivity index (χ2n) is 5.77. The Morgan fingerprint density at radius 2 is 0.667 bits per heavy atom. The van der Waals surface area contributed by atoms with Gasteiger partial charge in [0.05, 0.1) is 0 Å². The van der Waals surface area contributed by atoms with Gasteiger partial charge in [-0.15, -0.1) is 0 Å². The van der Waals surface area contributed by atoms with Crippen molar-refractivity contribution in [2.24, 2.45) is 0 Å². The summed E-state index contributed by atoms with van der Waals surface area (Å²) in [7, 11) is 0. The molecule has 0 aliphatic heterocycles. The van der Waals surface area contributed by atoms with Crippen molar-refractivity contribution in [1.29, 1.82) is 0 Å². The summed E-state index contributed by atoms with van der Waals surface area (Å²) in [6, 6.07) is 8.48. The van der Waals surface area contributed by atoms with Gasteiger partial charge in [0.25, 0.3) is 0 Å². The Hall–Kier alpha value is -2.62. The van der Waals surface area contributed by atoms with Gasteiger partial charge in [0, 0.05) is 24.8 Å². The number of hydrogen-bond donors (Lipinski definition) is 0. The van der Waals surface area contributed by atoms with E-state index in [0.717, 1.165) is 22.8 Å². The molecule has 2 aromatic heterocycles. The number of rotatable bonds is 0. The van der Waals surface area contributed by atoms with Gasteiger partial charge in [0.2, 0.25) is 0 Å². The molecule has 0 atom stereocenters. The molecule has 0 fully saturated rings. The molecule has 0 aliphatic rings. The summed E-state index contributed by atoms with van der Waals surface area (Å²) in [5, 5.41) is 0. The van der Waals surface area contributed by atoms with Crippen LogP contribution >= 0.6 is 0 Å². The van der Waals surface area contributed by atoms with Crippen molar-refractivity contribution in [3.05, 3.63) is 83.0 Å². The average Bonchev–Trinajstić information content (AvgIpc) is 2.57. The zero-order valence-corrected chi connectivity index (χ0v) is 15.4. The lowest BCUT2D eigenvalue weighted by molar-refractivity contribution is 1.03. The van der Waals surface area contributed by atoms with Crippen LogP contribution in [0.25, 0.3) is 0 Å². The summed E-state index contributed by atoms with van der Waals surface area (Å²) in [5.41, 5.74) is 4.87. The molecule has 3 rings (SSSR count). The van der Waals surface area contributed by atoms with Crippen molar-refractivity contribution in [3.8, 4) is 0 Å². The highest BCUT2D eigenvalue weighted by Gasteiger charge is 1.83. The fraction of sp³-hybridized carbons (Fsp3) is 0.300. The highest BCUT2D eigenvalue weighted by atomic mass is 14.8. The van der Waals surface area contributed by atoms with Gasteiger partial charge in [0.15, 0.2) is 0 Å². The van der Waals surface area contributed by atoms with E-state index in [1.165, 1.54) is 11.1 Å². The van der Waals surface area contributed by atoms with E-state index in [9.17, 15) is 0 Å². The van der Waals surface area contributed by atoms with Crippen LogP contribution < -0.4 is 0 Å². The van der Waals surface area contributed by atoms with Gasteiger partial charge in [-0.25, -0.2) is 19.9 Å². The Labute approximate surface area is 145 Å². The molecule has 24 heavy (non-hydrogen) atoms. The van der Waals surface area contributed by atoms with Gasteiger partial charge in [-0.1, -0.05) is 35.4 Å². The van der Waals surface area contributed by atoms with E-state index in [-0.39, 0.29) is 0 Å². The third-order valence-corrected chi connectivity index (χ3v) is 3.04. The first-order valence-corrected chi connectivity index (χ1v) is 7.90. The minimum Gasteiger partial charge on any atom is -0.241 e. The normalized spacial score (nSPS) is 9.25. The minimum atomic E-state index is 0.829. The molecule has 4 nitrogen and oxygen atoms in total. The van der Waals surface area contributed by atoms with E-state index < -0.39 is 0 Å². The molecule has 0 saturated heterocycles. The lowest BCUT2D eigenvalue weighted by Crippen LogP contribution is -1.84. The van der Waals surface area contributed by atoms with Crippen LogP contribution in [0.1, 0.15) is 33.9 Å². The van der Waals surface area contributed by atoms with Crippen molar-refractivity contribution in [2.75, 3.05) is 0 Å². The number of nitrogens with zero attached hydrogens (tertiary/aromatic N) is 4. The predicted molar refractivity (Wildman–Crippen MR) is 98.9 cm³/mol. The van der Waals surface area contributed by atoms with Gasteiger partial charge in [-0.3, -0.25) is 0 Å². The first-order chi connectivity index (χ1) is 11.4. The molecular weight excluding hydrogens is 296 g/mol. The van der Waals surface area contributed by atoms with Gasteiger partial charge in [-0.05, 0) is 52.7 Å². The average molecular weight is 322 g/mol. The number of aromatic nitrogens is 4. The molecule has 2 heterocycles. The Bertz CT molecular complexity index is 536. The van der Waals surface area contributed by atoms with Crippen molar-refractivity contribution in [3.63, 3.8) is 0 Å². The maximum absolute atomic E-state index is 3.97. The van der Waals surface area contributed by atoms with Crippen LogP contribution in [-0.4, -0.2) is 19.9 Å². The van der Waals surface area contributed by atoms with Crippen molar-refractivity contribution < 1.29 is 0 Å². The van der Waals surface area contributed by atoms with Crippen LogP contribution in [0.2, 0.25) is 0 Å². The van der Waals surface area contributed by atoms with Crippen LogP contribution in [0.3, 0.4) is 0 Å². The van der Waals surface area contributed by atoms with E-state index in [4.69, 9.17) is 0 Å². The second-order valence-corrected chi connectivity index (χ2v) is 5.77. The summed E-state index contributed by atoms with van der Waals surface area (Å²) in [5.74, 6) is 1.66. The quantitative estimate of drug-likeness (QED) is 0.612. The summed E-state index contributed by atoms with van der Waals surface area (Å²) in [6.45, 7) is 11.9. The summed E-state index contributed by atoms with van der Waals surface area (Å²) in [4.78, 5) is 15.9. The van der Waals surface area contributed by atoms with E-state index in [1.54, 1.807) is 0 Å². The van der Waals surface area contributed by atoms with Crippen molar-refractivity contribution in [2.45, 2.75) is 41.5 Å². The Morgan fingerprint density at radius 1 is 0.417 bits per heavy atom. The molecular formula is C20H26N4. The molecule has 4 heteroatoms. The molecule has 0 saturated carbocycles. The van der Waals surface area contributed by atoms with Crippen LogP contribution in [0.4, 0.5) is 0 Å². The molecule has 1 aromatic carbocycles. The maximum atomic E-state index is 3.97.